The molecule has 4 aromatic rings. The number of esters is 1. The van der Waals surface area contributed by atoms with Crippen molar-refractivity contribution >= 4 is 16.9 Å². The number of hydrogen-bond donors (Lipinski definition) is 0. The molecule has 3 aromatic carbocycles. The number of carbonyl (C=O) groups is 1. The first kappa shape index (κ1) is 21.0. The molecule has 4 rings (SSSR count). The molecule has 0 fully saturated rings. The average Bonchev–Trinajstić information content (AvgIpc) is 2.83. The summed E-state index contributed by atoms with van der Waals surface area (Å²) in [7, 11) is 4.40. The molecule has 0 aliphatic heterocycles. The maximum atomic E-state index is 12.7. The standard InChI is InChI=1S/C25H20O7/c1-28-21-12-17(13-22(29-2)23(21)30-3)24(26)31-18-10-9-16-11-19(15-7-5-4-6-8-15)25(27)32-20(16)14-18/h4-14H,1-3H3. The first-order chi connectivity index (χ1) is 15.5. The summed E-state index contributed by atoms with van der Waals surface area (Å²) >= 11 is 0. The highest BCUT2D eigenvalue weighted by molar-refractivity contribution is 5.93. The highest BCUT2D eigenvalue weighted by Gasteiger charge is 2.19. The van der Waals surface area contributed by atoms with Gasteiger partial charge in [0.1, 0.15) is 11.3 Å². The Labute approximate surface area is 183 Å². The Balaban J connectivity index is 1.65. The second kappa shape index (κ2) is 8.85. The third-order valence-corrected chi connectivity index (χ3v) is 4.90. The molecule has 7 nitrogen and oxygen atoms in total. The van der Waals surface area contributed by atoms with E-state index in [9.17, 15) is 9.59 Å². The minimum atomic E-state index is -0.633. The van der Waals surface area contributed by atoms with Gasteiger partial charge in [0.15, 0.2) is 11.5 Å². The smallest absolute Gasteiger partial charge is 0.344 e. The number of carbonyl (C=O) groups excluding carboxylic acids is 1. The van der Waals surface area contributed by atoms with E-state index in [1.165, 1.54) is 39.5 Å². The molecule has 0 aliphatic rings. The summed E-state index contributed by atoms with van der Waals surface area (Å²) in [5, 5.41) is 0.705. The molecular weight excluding hydrogens is 412 g/mol. The lowest BCUT2D eigenvalue weighted by Crippen LogP contribution is -2.10. The molecule has 1 aromatic heterocycles. The molecule has 7 heteroatoms. The molecule has 0 bridgehead atoms. The van der Waals surface area contributed by atoms with Crippen molar-refractivity contribution in [3.63, 3.8) is 0 Å². The van der Waals surface area contributed by atoms with Crippen LogP contribution in [-0.4, -0.2) is 27.3 Å². The van der Waals surface area contributed by atoms with Crippen molar-refractivity contribution in [3.8, 4) is 34.1 Å². The fourth-order valence-electron chi connectivity index (χ4n) is 3.34. The van der Waals surface area contributed by atoms with Crippen molar-refractivity contribution in [1.82, 2.24) is 0 Å². The summed E-state index contributed by atoms with van der Waals surface area (Å²) in [5.74, 6) is 0.625. The summed E-state index contributed by atoms with van der Waals surface area (Å²) in [4.78, 5) is 25.2. The fourth-order valence-corrected chi connectivity index (χ4v) is 3.34. The van der Waals surface area contributed by atoms with Gasteiger partial charge in [-0.1, -0.05) is 30.3 Å². The third-order valence-electron chi connectivity index (χ3n) is 4.90. The lowest BCUT2D eigenvalue weighted by Gasteiger charge is -2.13. The molecule has 0 amide bonds. The van der Waals surface area contributed by atoms with E-state index < -0.39 is 11.6 Å². The quantitative estimate of drug-likeness (QED) is 0.248. The van der Waals surface area contributed by atoms with E-state index in [1.54, 1.807) is 18.2 Å². The molecule has 0 unspecified atom stereocenters. The molecule has 0 aliphatic carbocycles. The number of benzene rings is 3. The Morgan fingerprint density at radius 3 is 2.12 bits per heavy atom. The summed E-state index contributed by atoms with van der Waals surface area (Å²) in [6.45, 7) is 0. The van der Waals surface area contributed by atoms with Gasteiger partial charge < -0.3 is 23.4 Å². The normalized spacial score (nSPS) is 10.6. The van der Waals surface area contributed by atoms with Crippen molar-refractivity contribution in [2.75, 3.05) is 21.3 Å². The Kier molecular flexibility index (Phi) is 5.81. The van der Waals surface area contributed by atoms with Crippen LogP contribution in [0.25, 0.3) is 22.1 Å². The van der Waals surface area contributed by atoms with Gasteiger partial charge in [-0.05, 0) is 35.9 Å². The number of hydrogen-bond acceptors (Lipinski definition) is 7. The Morgan fingerprint density at radius 2 is 1.50 bits per heavy atom. The van der Waals surface area contributed by atoms with Crippen molar-refractivity contribution < 1.29 is 28.2 Å². The lowest BCUT2D eigenvalue weighted by atomic mass is 10.1. The first-order valence-electron chi connectivity index (χ1n) is 9.69. The predicted octanol–water partition coefficient (Wildman–Crippen LogP) is 4.71. The van der Waals surface area contributed by atoms with E-state index in [0.717, 1.165) is 5.56 Å². The fraction of sp³-hybridized carbons (Fsp3) is 0.120. The minimum absolute atomic E-state index is 0.209. The molecule has 162 valence electrons. The molecule has 0 spiro atoms. The van der Waals surface area contributed by atoms with E-state index in [-0.39, 0.29) is 11.3 Å². The van der Waals surface area contributed by atoms with Gasteiger partial charge in [-0.2, -0.15) is 0 Å². The zero-order valence-corrected chi connectivity index (χ0v) is 17.7. The van der Waals surface area contributed by atoms with Crippen molar-refractivity contribution in [1.29, 1.82) is 0 Å². The Bertz CT molecular complexity index is 1310. The molecule has 32 heavy (non-hydrogen) atoms. The van der Waals surface area contributed by atoms with Gasteiger partial charge in [-0.25, -0.2) is 9.59 Å². The largest absolute Gasteiger partial charge is 0.493 e. The maximum Gasteiger partial charge on any atom is 0.344 e. The van der Waals surface area contributed by atoms with Gasteiger partial charge in [0.05, 0.1) is 32.5 Å². The van der Waals surface area contributed by atoms with E-state index in [4.69, 9.17) is 23.4 Å². The van der Waals surface area contributed by atoms with Crippen LogP contribution >= 0.6 is 0 Å². The second-order valence-corrected chi connectivity index (χ2v) is 6.82. The summed E-state index contributed by atoms with van der Waals surface area (Å²) < 4.78 is 26.8. The van der Waals surface area contributed by atoms with E-state index in [2.05, 4.69) is 0 Å². The Morgan fingerprint density at radius 1 is 0.812 bits per heavy atom. The molecule has 0 saturated carbocycles. The van der Waals surface area contributed by atoms with Crippen LogP contribution in [0.15, 0.2) is 75.9 Å². The van der Waals surface area contributed by atoms with E-state index in [1.807, 2.05) is 30.3 Å². The number of ether oxygens (including phenoxy) is 4. The average molecular weight is 432 g/mol. The summed E-state index contributed by atoms with van der Waals surface area (Å²) in [6.07, 6.45) is 0. The molecule has 0 saturated heterocycles. The number of fused-ring (bicyclic) bond motifs is 1. The lowest BCUT2D eigenvalue weighted by molar-refractivity contribution is 0.0734. The Hall–Kier alpha value is -4.26. The van der Waals surface area contributed by atoms with E-state index >= 15 is 0 Å². The van der Waals surface area contributed by atoms with Gasteiger partial charge >= 0.3 is 11.6 Å². The summed E-state index contributed by atoms with van der Waals surface area (Å²) in [6, 6.07) is 18.9. The van der Waals surface area contributed by atoms with Gasteiger partial charge in [-0.15, -0.1) is 0 Å². The number of rotatable bonds is 6. The van der Waals surface area contributed by atoms with Crippen LogP contribution in [0, 0.1) is 0 Å². The van der Waals surface area contributed by atoms with Gasteiger partial charge in [0, 0.05) is 11.5 Å². The maximum absolute atomic E-state index is 12.7. The first-order valence-corrected chi connectivity index (χ1v) is 9.69. The summed E-state index contributed by atoms with van der Waals surface area (Å²) in [5.41, 5.74) is 1.27. The predicted molar refractivity (Wildman–Crippen MR) is 119 cm³/mol. The van der Waals surface area contributed by atoms with Crippen molar-refractivity contribution in [3.05, 3.63) is 82.7 Å². The van der Waals surface area contributed by atoms with Crippen LogP contribution in [0.3, 0.4) is 0 Å². The molecule has 0 N–H and O–H groups in total. The molecule has 0 atom stereocenters. The topological polar surface area (TPSA) is 84.2 Å². The minimum Gasteiger partial charge on any atom is -0.493 e. The van der Waals surface area contributed by atoms with Crippen molar-refractivity contribution in [2.45, 2.75) is 0 Å². The van der Waals surface area contributed by atoms with Crippen LogP contribution in [0.1, 0.15) is 10.4 Å². The van der Waals surface area contributed by atoms with Crippen LogP contribution in [0.2, 0.25) is 0 Å². The van der Waals surface area contributed by atoms with Crippen LogP contribution < -0.4 is 24.6 Å². The third kappa shape index (κ3) is 4.00. The van der Waals surface area contributed by atoms with Gasteiger partial charge in [-0.3, -0.25) is 0 Å². The molecule has 0 radical (unpaired) electrons. The molecular formula is C25H20O7. The van der Waals surface area contributed by atoms with Gasteiger partial charge in [0.25, 0.3) is 0 Å². The monoisotopic (exact) mass is 432 g/mol. The zero-order chi connectivity index (χ0) is 22.7. The highest BCUT2D eigenvalue weighted by Crippen LogP contribution is 2.38. The second-order valence-electron chi connectivity index (χ2n) is 6.82. The van der Waals surface area contributed by atoms with E-state index in [0.29, 0.717) is 33.8 Å². The van der Waals surface area contributed by atoms with Crippen LogP contribution in [-0.2, 0) is 0 Å². The van der Waals surface area contributed by atoms with Crippen LogP contribution in [0.5, 0.6) is 23.0 Å². The van der Waals surface area contributed by atoms with Gasteiger partial charge in [0.2, 0.25) is 5.75 Å². The highest BCUT2D eigenvalue weighted by atomic mass is 16.5. The van der Waals surface area contributed by atoms with Crippen molar-refractivity contribution in [2.24, 2.45) is 0 Å². The number of methoxy groups -OCH3 is 3. The van der Waals surface area contributed by atoms with Crippen LogP contribution in [0.4, 0.5) is 0 Å². The zero-order valence-electron chi connectivity index (χ0n) is 17.7. The molecule has 1 heterocycles. The SMILES string of the molecule is COc1cc(C(=O)Oc2ccc3cc(-c4ccccc4)c(=O)oc3c2)cc(OC)c1OC.